The van der Waals surface area contributed by atoms with Crippen LogP contribution in [0.25, 0.3) is 0 Å². The molecule has 25 heavy (non-hydrogen) atoms. The van der Waals surface area contributed by atoms with Crippen LogP contribution in [0, 0.1) is 5.92 Å². The maximum Gasteiger partial charge on any atom is 0.239 e. The molecule has 1 N–H and O–H groups in total. The maximum atomic E-state index is 12.2. The first-order valence-electron chi connectivity index (χ1n) is 8.97. The molecule has 2 aliphatic rings. The average molecular weight is 362 g/mol. The summed E-state index contributed by atoms with van der Waals surface area (Å²) in [5.74, 6) is 1.58. The molecule has 2 aliphatic heterocycles. The molecule has 1 atom stereocenters. The highest BCUT2D eigenvalue weighted by Crippen LogP contribution is 2.22. The molecule has 0 bridgehead atoms. The van der Waals surface area contributed by atoms with Crippen molar-refractivity contribution in [3.05, 3.63) is 35.4 Å². The lowest BCUT2D eigenvalue weighted by Crippen LogP contribution is -2.50. The minimum Gasteiger partial charge on any atom is -0.353 e. The SMILES string of the molecule is CC(C)[C@H](CNC(=O)CN1CSCC1=O)N1CCc2ccccc2C1. The third-order valence-electron chi connectivity index (χ3n) is 5.07. The summed E-state index contributed by atoms with van der Waals surface area (Å²) >= 11 is 1.57. The molecule has 2 heterocycles. The minimum absolute atomic E-state index is 0.0566. The van der Waals surface area contributed by atoms with Crippen LogP contribution in [0.3, 0.4) is 0 Å². The molecule has 0 aliphatic carbocycles. The van der Waals surface area contributed by atoms with Gasteiger partial charge >= 0.3 is 0 Å². The van der Waals surface area contributed by atoms with Crippen molar-refractivity contribution in [2.75, 3.05) is 31.3 Å². The molecule has 0 radical (unpaired) electrons. The van der Waals surface area contributed by atoms with Gasteiger partial charge in [0, 0.05) is 25.7 Å². The number of hydrogen-bond acceptors (Lipinski definition) is 4. The lowest BCUT2D eigenvalue weighted by Gasteiger charge is -2.38. The topological polar surface area (TPSA) is 52.7 Å². The van der Waals surface area contributed by atoms with E-state index in [1.165, 1.54) is 11.1 Å². The van der Waals surface area contributed by atoms with E-state index in [0.29, 0.717) is 30.1 Å². The van der Waals surface area contributed by atoms with Gasteiger partial charge in [-0.15, -0.1) is 11.8 Å². The van der Waals surface area contributed by atoms with E-state index in [9.17, 15) is 9.59 Å². The zero-order valence-corrected chi connectivity index (χ0v) is 15.8. The number of hydrogen-bond donors (Lipinski definition) is 1. The van der Waals surface area contributed by atoms with Crippen LogP contribution in [-0.4, -0.2) is 58.9 Å². The molecular weight excluding hydrogens is 334 g/mol. The number of amides is 2. The van der Waals surface area contributed by atoms with Crippen molar-refractivity contribution >= 4 is 23.6 Å². The summed E-state index contributed by atoms with van der Waals surface area (Å²) in [6, 6.07) is 8.92. The Hall–Kier alpha value is -1.53. The summed E-state index contributed by atoms with van der Waals surface area (Å²) in [5.41, 5.74) is 2.83. The average Bonchev–Trinajstić information content (AvgIpc) is 2.99. The Bertz CT molecular complexity index is 635. The van der Waals surface area contributed by atoms with Crippen LogP contribution < -0.4 is 5.32 Å². The summed E-state index contributed by atoms with van der Waals surface area (Å²) in [7, 11) is 0. The number of fused-ring (bicyclic) bond motifs is 1. The lowest BCUT2D eigenvalue weighted by molar-refractivity contribution is -0.132. The van der Waals surface area contributed by atoms with Crippen LogP contribution in [0.15, 0.2) is 24.3 Å². The van der Waals surface area contributed by atoms with Gasteiger partial charge in [-0.05, 0) is 23.5 Å². The van der Waals surface area contributed by atoms with Crippen molar-refractivity contribution in [2.45, 2.75) is 32.9 Å². The highest BCUT2D eigenvalue weighted by molar-refractivity contribution is 8.00. The van der Waals surface area contributed by atoms with Gasteiger partial charge in [0.2, 0.25) is 11.8 Å². The summed E-state index contributed by atoms with van der Waals surface area (Å²) in [4.78, 5) is 28.0. The number of rotatable bonds is 6. The summed E-state index contributed by atoms with van der Waals surface area (Å²) in [6.45, 7) is 7.19. The highest BCUT2D eigenvalue weighted by Gasteiger charge is 2.27. The van der Waals surface area contributed by atoms with E-state index in [1.807, 2.05) is 0 Å². The molecule has 3 rings (SSSR count). The Morgan fingerprint density at radius 2 is 2.04 bits per heavy atom. The van der Waals surface area contributed by atoms with Crippen molar-refractivity contribution in [2.24, 2.45) is 5.92 Å². The van der Waals surface area contributed by atoms with E-state index in [2.05, 4.69) is 48.3 Å². The number of thioether (sulfide) groups is 1. The summed E-state index contributed by atoms with van der Waals surface area (Å²) in [6.07, 6.45) is 1.06. The van der Waals surface area contributed by atoms with Crippen LogP contribution >= 0.6 is 11.8 Å². The molecule has 136 valence electrons. The smallest absolute Gasteiger partial charge is 0.239 e. The second kappa shape index (κ2) is 8.23. The molecule has 1 saturated heterocycles. The summed E-state index contributed by atoms with van der Waals surface area (Å²) < 4.78 is 0. The Labute approximate surface area is 154 Å². The number of benzene rings is 1. The molecule has 1 aromatic carbocycles. The monoisotopic (exact) mass is 361 g/mol. The molecule has 5 nitrogen and oxygen atoms in total. The summed E-state index contributed by atoms with van der Waals surface area (Å²) in [5, 5.41) is 3.05. The van der Waals surface area contributed by atoms with Crippen molar-refractivity contribution in [3.8, 4) is 0 Å². The normalized spacial score (nSPS) is 19.2. The Morgan fingerprint density at radius 3 is 2.72 bits per heavy atom. The molecule has 1 aromatic rings. The zero-order chi connectivity index (χ0) is 17.8. The fourth-order valence-electron chi connectivity index (χ4n) is 3.57. The minimum atomic E-state index is -0.0566. The number of nitrogens with one attached hydrogen (secondary N) is 1. The van der Waals surface area contributed by atoms with Crippen molar-refractivity contribution in [1.29, 1.82) is 0 Å². The number of carbonyl (C=O) groups is 2. The first-order chi connectivity index (χ1) is 12.0. The van der Waals surface area contributed by atoms with Gasteiger partial charge in [-0.3, -0.25) is 14.5 Å². The predicted molar refractivity (Wildman–Crippen MR) is 101 cm³/mol. The van der Waals surface area contributed by atoms with E-state index < -0.39 is 0 Å². The Kier molecular flexibility index (Phi) is 6.02. The fraction of sp³-hybridized carbons (Fsp3) is 0.579. The van der Waals surface area contributed by atoms with Gasteiger partial charge in [-0.25, -0.2) is 0 Å². The van der Waals surface area contributed by atoms with E-state index in [1.54, 1.807) is 16.7 Å². The first kappa shape index (κ1) is 18.3. The highest BCUT2D eigenvalue weighted by atomic mass is 32.2. The van der Waals surface area contributed by atoms with Crippen LogP contribution in [0.5, 0.6) is 0 Å². The molecule has 1 fully saturated rings. The van der Waals surface area contributed by atoms with Crippen LogP contribution in [0.1, 0.15) is 25.0 Å². The van der Waals surface area contributed by atoms with Gasteiger partial charge in [0.1, 0.15) is 6.54 Å². The standard InChI is InChI=1S/C19H27N3O2S/c1-14(2)17(9-20-18(23)11-22-13-25-12-19(22)24)21-8-7-15-5-3-4-6-16(15)10-21/h3-6,14,17H,7-13H2,1-2H3,(H,20,23)/t17-/m0/s1. The van der Waals surface area contributed by atoms with Gasteiger partial charge in [-0.2, -0.15) is 0 Å². The van der Waals surface area contributed by atoms with Crippen LogP contribution in [-0.2, 0) is 22.6 Å². The predicted octanol–water partition coefficient (Wildman–Crippen LogP) is 1.72. The molecule has 2 amide bonds. The van der Waals surface area contributed by atoms with E-state index >= 15 is 0 Å². The van der Waals surface area contributed by atoms with E-state index in [4.69, 9.17) is 0 Å². The fourth-order valence-corrected chi connectivity index (χ4v) is 4.48. The van der Waals surface area contributed by atoms with E-state index in [0.717, 1.165) is 19.5 Å². The number of nitrogens with zero attached hydrogens (tertiary/aromatic N) is 2. The van der Waals surface area contributed by atoms with E-state index in [-0.39, 0.29) is 18.4 Å². The third-order valence-corrected chi connectivity index (χ3v) is 6.01. The maximum absolute atomic E-state index is 12.2. The van der Waals surface area contributed by atoms with Gasteiger partial charge in [0.05, 0.1) is 11.6 Å². The lowest BCUT2D eigenvalue weighted by atomic mass is 9.95. The molecular formula is C19H27N3O2S. The second-order valence-corrected chi connectivity index (χ2v) is 8.13. The van der Waals surface area contributed by atoms with Crippen molar-refractivity contribution in [3.63, 3.8) is 0 Å². The quantitative estimate of drug-likeness (QED) is 0.838. The van der Waals surface area contributed by atoms with Gasteiger partial charge in [0.15, 0.2) is 0 Å². The molecule has 0 saturated carbocycles. The molecule has 6 heteroatoms. The largest absolute Gasteiger partial charge is 0.353 e. The van der Waals surface area contributed by atoms with Crippen LogP contribution in [0.4, 0.5) is 0 Å². The Balaban J connectivity index is 1.55. The van der Waals surface area contributed by atoms with Crippen molar-refractivity contribution in [1.82, 2.24) is 15.1 Å². The van der Waals surface area contributed by atoms with Gasteiger partial charge < -0.3 is 10.2 Å². The van der Waals surface area contributed by atoms with Gasteiger partial charge in [-0.1, -0.05) is 38.1 Å². The second-order valence-electron chi connectivity index (χ2n) is 7.17. The Morgan fingerprint density at radius 1 is 1.28 bits per heavy atom. The zero-order valence-electron chi connectivity index (χ0n) is 15.0. The van der Waals surface area contributed by atoms with Gasteiger partial charge in [0.25, 0.3) is 0 Å². The van der Waals surface area contributed by atoms with Crippen LogP contribution in [0.2, 0.25) is 0 Å². The number of carbonyl (C=O) groups excluding carboxylic acids is 2. The molecule has 0 spiro atoms. The molecule has 0 aromatic heterocycles. The molecule has 0 unspecified atom stereocenters. The first-order valence-corrected chi connectivity index (χ1v) is 10.1. The van der Waals surface area contributed by atoms with Crippen molar-refractivity contribution < 1.29 is 9.59 Å². The third kappa shape index (κ3) is 4.55.